The van der Waals surface area contributed by atoms with E-state index in [1.165, 1.54) is 0 Å². The summed E-state index contributed by atoms with van der Waals surface area (Å²) in [5.41, 5.74) is 2.25. The van der Waals surface area contributed by atoms with Crippen LogP contribution >= 0.6 is 0 Å². The topological polar surface area (TPSA) is 37.0 Å². The molecule has 0 spiro atoms. The summed E-state index contributed by atoms with van der Waals surface area (Å²) in [7, 11) is 0. The predicted molar refractivity (Wildman–Crippen MR) is 65.0 cm³/mol. The molecule has 1 rings (SSSR count). The first kappa shape index (κ1) is 12.0. The van der Waals surface area contributed by atoms with Crippen LogP contribution in [0.25, 0.3) is 0 Å². The number of anilines is 1. The number of aromatic nitrogens is 1. The van der Waals surface area contributed by atoms with E-state index in [1.807, 2.05) is 12.3 Å². The zero-order valence-corrected chi connectivity index (χ0v) is 9.88. The van der Waals surface area contributed by atoms with E-state index in [9.17, 15) is 0 Å². The Bertz CT molecular complexity index is 284. The van der Waals surface area contributed by atoms with Crippen LogP contribution in [0.4, 0.5) is 5.69 Å². The molecule has 0 atom stereocenters. The molecule has 0 amide bonds. The fourth-order valence-electron chi connectivity index (χ4n) is 1.26. The van der Waals surface area contributed by atoms with Gasteiger partial charge in [-0.3, -0.25) is 4.98 Å². The Morgan fingerprint density at radius 3 is 2.87 bits per heavy atom. The van der Waals surface area contributed by atoms with Gasteiger partial charge >= 0.3 is 0 Å². The summed E-state index contributed by atoms with van der Waals surface area (Å²) in [6, 6.07) is 4.61. The summed E-state index contributed by atoms with van der Waals surface area (Å²) in [5, 5.41) is 6.71. The van der Waals surface area contributed by atoms with Crippen molar-refractivity contribution in [3.63, 3.8) is 0 Å². The van der Waals surface area contributed by atoms with Crippen LogP contribution in [0.15, 0.2) is 18.3 Å². The summed E-state index contributed by atoms with van der Waals surface area (Å²) < 4.78 is 0. The van der Waals surface area contributed by atoms with Gasteiger partial charge in [-0.2, -0.15) is 0 Å². The molecule has 0 saturated carbocycles. The highest BCUT2D eigenvalue weighted by molar-refractivity contribution is 5.43. The highest BCUT2D eigenvalue weighted by Crippen LogP contribution is 2.07. The van der Waals surface area contributed by atoms with Crippen molar-refractivity contribution in [3.8, 4) is 0 Å². The van der Waals surface area contributed by atoms with E-state index in [0.29, 0.717) is 6.04 Å². The van der Waals surface area contributed by atoms with Gasteiger partial charge in [0.1, 0.15) is 0 Å². The molecule has 3 heteroatoms. The molecule has 0 aliphatic carbocycles. The lowest BCUT2D eigenvalue weighted by Crippen LogP contribution is -2.22. The maximum Gasteiger partial charge on any atom is 0.0562 e. The minimum absolute atomic E-state index is 0.499. The summed E-state index contributed by atoms with van der Waals surface area (Å²) in [4.78, 5) is 4.32. The normalized spacial score (nSPS) is 10.7. The first-order valence-electron chi connectivity index (χ1n) is 5.64. The third kappa shape index (κ3) is 4.79. The van der Waals surface area contributed by atoms with Crippen molar-refractivity contribution in [1.29, 1.82) is 0 Å². The Morgan fingerprint density at radius 2 is 2.20 bits per heavy atom. The minimum atomic E-state index is 0.499. The van der Waals surface area contributed by atoms with Gasteiger partial charge in [0.15, 0.2) is 0 Å². The van der Waals surface area contributed by atoms with E-state index in [-0.39, 0.29) is 0 Å². The highest BCUT2D eigenvalue weighted by Gasteiger charge is 1.98. The third-order valence-electron chi connectivity index (χ3n) is 2.09. The molecule has 1 heterocycles. The zero-order chi connectivity index (χ0) is 11.1. The molecule has 84 valence electrons. The van der Waals surface area contributed by atoms with Gasteiger partial charge in [-0.05, 0) is 18.6 Å². The van der Waals surface area contributed by atoms with Crippen molar-refractivity contribution in [1.82, 2.24) is 10.3 Å². The van der Waals surface area contributed by atoms with Crippen LogP contribution in [0, 0.1) is 0 Å². The molecule has 0 bridgehead atoms. The Morgan fingerprint density at radius 1 is 1.40 bits per heavy atom. The van der Waals surface area contributed by atoms with Crippen LogP contribution in [0.3, 0.4) is 0 Å². The first-order valence-corrected chi connectivity index (χ1v) is 5.64. The van der Waals surface area contributed by atoms with Crippen molar-refractivity contribution >= 4 is 5.69 Å². The molecular formula is C12H21N3. The molecule has 3 nitrogen and oxygen atoms in total. The summed E-state index contributed by atoms with van der Waals surface area (Å²) in [5.74, 6) is 0. The highest BCUT2D eigenvalue weighted by atomic mass is 14.9. The maximum atomic E-state index is 4.32. The molecule has 15 heavy (non-hydrogen) atoms. The van der Waals surface area contributed by atoms with E-state index in [1.54, 1.807) is 0 Å². The smallest absolute Gasteiger partial charge is 0.0562 e. The van der Waals surface area contributed by atoms with Crippen molar-refractivity contribution in [2.24, 2.45) is 0 Å². The summed E-state index contributed by atoms with van der Waals surface area (Å²) in [6.07, 6.45) is 3.00. The van der Waals surface area contributed by atoms with Gasteiger partial charge in [0.25, 0.3) is 0 Å². The Balaban J connectivity index is 2.50. The molecule has 0 saturated heterocycles. The molecule has 1 aromatic rings. The van der Waals surface area contributed by atoms with Gasteiger partial charge in [-0.15, -0.1) is 0 Å². The molecule has 0 aromatic carbocycles. The second kappa shape index (κ2) is 6.40. The van der Waals surface area contributed by atoms with Crippen molar-refractivity contribution in [2.75, 3.05) is 11.9 Å². The number of nitrogens with one attached hydrogen (secondary N) is 2. The predicted octanol–water partition coefficient (Wildman–Crippen LogP) is 2.40. The zero-order valence-electron chi connectivity index (χ0n) is 9.88. The van der Waals surface area contributed by atoms with Gasteiger partial charge in [0.2, 0.25) is 0 Å². The molecule has 0 aliphatic rings. The number of pyridine rings is 1. The lowest BCUT2D eigenvalue weighted by molar-refractivity contribution is 0.581. The Labute approximate surface area is 92.3 Å². The van der Waals surface area contributed by atoms with Gasteiger partial charge in [-0.25, -0.2) is 0 Å². The maximum absolute atomic E-state index is 4.32. The fraction of sp³-hybridized carbons (Fsp3) is 0.583. The summed E-state index contributed by atoms with van der Waals surface area (Å²) in [6.45, 7) is 8.29. The largest absolute Gasteiger partial charge is 0.385 e. The number of rotatable bonds is 6. The number of hydrogen-bond acceptors (Lipinski definition) is 3. The molecule has 0 aliphatic heterocycles. The van der Waals surface area contributed by atoms with Crippen LogP contribution in [0.5, 0.6) is 0 Å². The van der Waals surface area contributed by atoms with Crippen LogP contribution in [0.2, 0.25) is 0 Å². The molecule has 1 aromatic heterocycles. The van der Waals surface area contributed by atoms with E-state index in [4.69, 9.17) is 0 Å². The van der Waals surface area contributed by atoms with Crippen LogP contribution in [-0.2, 0) is 6.54 Å². The SMILES string of the molecule is CCCNc1ccnc(CNC(C)C)c1. The molecular weight excluding hydrogens is 186 g/mol. The first-order chi connectivity index (χ1) is 7.22. The lowest BCUT2D eigenvalue weighted by Gasteiger charge is -2.09. The van der Waals surface area contributed by atoms with Gasteiger partial charge in [0.05, 0.1) is 5.69 Å². The van der Waals surface area contributed by atoms with Crippen molar-refractivity contribution in [2.45, 2.75) is 39.8 Å². The van der Waals surface area contributed by atoms with Crippen LogP contribution in [0.1, 0.15) is 32.9 Å². The van der Waals surface area contributed by atoms with E-state index < -0.39 is 0 Å². The van der Waals surface area contributed by atoms with Gasteiger partial charge < -0.3 is 10.6 Å². The van der Waals surface area contributed by atoms with E-state index >= 15 is 0 Å². The quantitative estimate of drug-likeness (QED) is 0.752. The third-order valence-corrected chi connectivity index (χ3v) is 2.09. The van der Waals surface area contributed by atoms with E-state index in [2.05, 4.69) is 42.5 Å². The standard InChI is InChI=1S/C12H21N3/c1-4-6-13-11-5-7-14-12(8-11)9-15-10(2)3/h5,7-8,10,15H,4,6,9H2,1-3H3,(H,13,14). The Hall–Kier alpha value is -1.09. The summed E-state index contributed by atoms with van der Waals surface area (Å²) >= 11 is 0. The number of hydrogen-bond donors (Lipinski definition) is 2. The minimum Gasteiger partial charge on any atom is -0.385 e. The van der Waals surface area contributed by atoms with E-state index in [0.717, 1.165) is 30.9 Å². The fourth-order valence-corrected chi connectivity index (χ4v) is 1.26. The number of nitrogens with zero attached hydrogens (tertiary/aromatic N) is 1. The second-order valence-electron chi connectivity index (χ2n) is 4.00. The molecule has 0 unspecified atom stereocenters. The molecule has 0 radical (unpaired) electrons. The molecule has 0 fully saturated rings. The van der Waals surface area contributed by atoms with Crippen LogP contribution in [-0.4, -0.2) is 17.6 Å². The molecule has 2 N–H and O–H groups in total. The monoisotopic (exact) mass is 207 g/mol. The van der Waals surface area contributed by atoms with Crippen molar-refractivity contribution in [3.05, 3.63) is 24.0 Å². The Kier molecular flexibility index (Phi) is 5.12. The van der Waals surface area contributed by atoms with Gasteiger partial charge in [-0.1, -0.05) is 20.8 Å². The van der Waals surface area contributed by atoms with Crippen molar-refractivity contribution < 1.29 is 0 Å². The van der Waals surface area contributed by atoms with Crippen LogP contribution < -0.4 is 10.6 Å². The lowest BCUT2D eigenvalue weighted by atomic mass is 10.3. The average molecular weight is 207 g/mol. The average Bonchev–Trinajstić information content (AvgIpc) is 2.24. The van der Waals surface area contributed by atoms with Gasteiger partial charge in [0, 0.05) is 31.0 Å². The second-order valence-corrected chi connectivity index (χ2v) is 4.00.